The highest BCUT2D eigenvalue weighted by atomic mass is 16.4. The van der Waals surface area contributed by atoms with Crippen LogP contribution in [0.25, 0.3) is 0 Å². The minimum atomic E-state index is -3.22. The van der Waals surface area contributed by atoms with Crippen molar-refractivity contribution >= 4 is 29.7 Å². The molecule has 11 nitrogen and oxygen atoms in total. The molecule has 11 heteroatoms. The maximum atomic E-state index is 12.9. The number of allylic oxidation sites excluding steroid dienone is 1. The summed E-state index contributed by atoms with van der Waals surface area (Å²) >= 11 is 0. The summed E-state index contributed by atoms with van der Waals surface area (Å²) < 4.78 is 0. The van der Waals surface area contributed by atoms with Crippen LogP contribution in [0.1, 0.15) is 119 Å². The third kappa shape index (κ3) is 5.53. The fourth-order valence-electron chi connectivity index (χ4n) is 11.2. The molecule has 2 unspecified atom stereocenters. The molecule has 0 aliphatic heterocycles. The highest BCUT2D eigenvalue weighted by Crippen LogP contribution is 2.76. The second kappa shape index (κ2) is 11.7. The molecule has 0 bridgehead atoms. The van der Waals surface area contributed by atoms with E-state index in [9.17, 15) is 29.1 Å². The number of fused-ring (bicyclic) bond motifs is 7. The van der Waals surface area contributed by atoms with Crippen molar-refractivity contribution < 1.29 is 54.6 Å². The van der Waals surface area contributed by atoms with Gasteiger partial charge in [-0.2, -0.15) is 0 Å². The molecular weight excluding hydrogens is 608 g/mol. The minimum absolute atomic E-state index is 0.0850. The summed E-state index contributed by atoms with van der Waals surface area (Å²) in [6, 6.07) is 0. The maximum Gasteiger partial charge on any atom is 0.339 e. The molecule has 0 spiro atoms. The molecule has 0 saturated heterocycles. The quantitative estimate of drug-likeness (QED) is 0.205. The lowest BCUT2D eigenvalue weighted by molar-refractivity contribution is -0.213. The Hall–Kier alpha value is -2.79. The summed E-state index contributed by atoms with van der Waals surface area (Å²) in [5.41, 5.74) is -2.17. The molecule has 5 aliphatic carbocycles. The molecule has 5 rings (SSSR count). The van der Waals surface area contributed by atoms with Gasteiger partial charge in [-0.25, -0.2) is 9.59 Å². The van der Waals surface area contributed by atoms with Gasteiger partial charge in [0.25, 0.3) is 0 Å². The Bertz CT molecular complexity index is 1380. The second-order valence-corrected chi connectivity index (χ2v) is 17.3. The van der Waals surface area contributed by atoms with Gasteiger partial charge in [-0.05, 0) is 97.2 Å². The summed E-state index contributed by atoms with van der Waals surface area (Å²) in [4.78, 5) is 56.3. The van der Waals surface area contributed by atoms with Crippen molar-refractivity contribution in [2.75, 3.05) is 0 Å². The van der Waals surface area contributed by atoms with Crippen molar-refractivity contribution in [2.45, 2.75) is 131 Å². The van der Waals surface area contributed by atoms with Gasteiger partial charge in [0.1, 0.15) is 5.78 Å². The van der Waals surface area contributed by atoms with E-state index in [4.69, 9.17) is 25.5 Å². The smallest absolute Gasteiger partial charge is 0.339 e. The Morgan fingerprint density at radius 1 is 0.809 bits per heavy atom. The summed E-state index contributed by atoms with van der Waals surface area (Å²) in [5, 5.41) is 53.1. The number of Topliss-reactive ketones (excluding diaryl/α,β-unsaturated/α-hetero) is 1. The van der Waals surface area contributed by atoms with E-state index >= 15 is 0 Å². The number of aliphatic hydroxyl groups is 2. The monoisotopic (exact) mass is 662 g/mol. The van der Waals surface area contributed by atoms with Gasteiger partial charge in [-0.3, -0.25) is 14.4 Å². The van der Waals surface area contributed by atoms with Crippen LogP contribution in [0.3, 0.4) is 0 Å². The van der Waals surface area contributed by atoms with Crippen molar-refractivity contribution in [1.29, 1.82) is 0 Å². The molecule has 6 N–H and O–H groups in total. The van der Waals surface area contributed by atoms with E-state index in [0.29, 0.717) is 23.5 Å². The van der Waals surface area contributed by atoms with Crippen molar-refractivity contribution in [3.05, 3.63) is 11.6 Å². The molecule has 264 valence electrons. The number of rotatable bonds is 6. The first-order valence-corrected chi connectivity index (χ1v) is 16.9. The van der Waals surface area contributed by atoms with Gasteiger partial charge in [0.15, 0.2) is 6.10 Å². The van der Waals surface area contributed by atoms with Crippen LogP contribution in [0.2, 0.25) is 0 Å². The highest BCUT2D eigenvalue weighted by molar-refractivity contribution is 5.90. The number of carboxylic acid groups (broad SMARTS) is 4. The van der Waals surface area contributed by atoms with Gasteiger partial charge in [0.05, 0.1) is 11.8 Å². The van der Waals surface area contributed by atoms with Crippen molar-refractivity contribution in [3.63, 3.8) is 0 Å². The van der Waals surface area contributed by atoms with Crippen molar-refractivity contribution in [2.24, 2.45) is 50.2 Å². The van der Waals surface area contributed by atoms with E-state index in [1.54, 1.807) is 0 Å². The fourth-order valence-corrected chi connectivity index (χ4v) is 11.2. The Kier molecular flexibility index (Phi) is 9.20. The van der Waals surface area contributed by atoms with E-state index in [1.807, 2.05) is 0 Å². The fraction of sp³-hybridized carbons (Fsp3) is 0.806. The zero-order chi connectivity index (χ0) is 35.8. The number of ketones is 1. The lowest BCUT2D eigenvalue weighted by Crippen LogP contribution is -2.65. The molecule has 0 aromatic rings. The Morgan fingerprint density at radius 3 is 1.94 bits per heavy atom. The molecule has 4 fully saturated rings. The number of carbonyl (C=O) groups is 5. The maximum absolute atomic E-state index is 12.9. The second-order valence-electron chi connectivity index (χ2n) is 17.3. The van der Waals surface area contributed by atoms with Gasteiger partial charge < -0.3 is 30.6 Å². The van der Waals surface area contributed by atoms with Crippen molar-refractivity contribution in [3.8, 4) is 0 Å². The van der Waals surface area contributed by atoms with E-state index in [0.717, 1.165) is 51.4 Å². The number of hydrogen-bond acceptors (Lipinski definition) is 7. The van der Waals surface area contributed by atoms with E-state index in [-0.39, 0.29) is 27.1 Å². The normalized spacial score (nSPS) is 40.2. The predicted octanol–water partition coefficient (Wildman–Crippen LogP) is 5.16. The number of carbonyl (C=O) groups excluding carboxylic acids is 1. The van der Waals surface area contributed by atoms with Crippen LogP contribution < -0.4 is 0 Å². The van der Waals surface area contributed by atoms with E-state index in [2.05, 4.69) is 54.5 Å². The first-order chi connectivity index (χ1) is 21.4. The number of hydrogen-bond donors (Lipinski definition) is 6. The first kappa shape index (κ1) is 37.0. The Morgan fingerprint density at radius 2 is 1.40 bits per heavy atom. The Labute approximate surface area is 276 Å². The largest absolute Gasteiger partial charge is 0.481 e. The van der Waals surface area contributed by atoms with Crippen LogP contribution in [0.5, 0.6) is 0 Å². The van der Waals surface area contributed by atoms with Crippen LogP contribution >= 0.6 is 0 Å². The average Bonchev–Trinajstić information content (AvgIpc) is 2.94. The summed E-state index contributed by atoms with van der Waals surface area (Å²) in [7, 11) is 0. The summed E-state index contributed by atoms with van der Waals surface area (Å²) in [6.07, 6.45) is 8.27. The molecular formula is C36H54O11. The van der Waals surface area contributed by atoms with Crippen LogP contribution in [-0.4, -0.2) is 72.0 Å². The topological polar surface area (TPSA) is 207 Å². The van der Waals surface area contributed by atoms with E-state index < -0.39 is 47.4 Å². The molecule has 0 aromatic heterocycles. The summed E-state index contributed by atoms with van der Waals surface area (Å²) in [6.45, 7) is 16.6. The van der Waals surface area contributed by atoms with Gasteiger partial charge in [0, 0.05) is 11.8 Å². The molecule has 5 aliphatic rings. The zero-order valence-corrected chi connectivity index (χ0v) is 28.9. The molecule has 4 saturated carbocycles. The third-order valence-electron chi connectivity index (χ3n) is 14.2. The van der Waals surface area contributed by atoms with Crippen molar-refractivity contribution in [1.82, 2.24) is 0 Å². The molecule has 9 atom stereocenters. The summed E-state index contributed by atoms with van der Waals surface area (Å²) in [5.74, 6) is -4.53. The van der Waals surface area contributed by atoms with E-state index in [1.165, 1.54) is 18.4 Å². The van der Waals surface area contributed by atoms with Gasteiger partial charge >= 0.3 is 23.9 Å². The third-order valence-corrected chi connectivity index (χ3v) is 14.2. The molecule has 0 radical (unpaired) electrons. The van der Waals surface area contributed by atoms with Crippen LogP contribution in [-0.2, 0) is 24.0 Å². The molecule has 47 heavy (non-hydrogen) atoms. The number of carboxylic acids is 4. The van der Waals surface area contributed by atoms with Gasteiger partial charge in [-0.1, -0.05) is 60.1 Å². The first-order valence-electron chi connectivity index (χ1n) is 16.9. The lowest BCUT2D eigenvalue weighted by atomic mass is 9.32. The zero-order valence-electron chi connectivity index (χ0n) is 28.9. The Balaban J connectivity index is 0.000000304. The van der Waals surface area contributed by atoms with Crippen LogP contribution in [0, 0.1) is 50.2 Å². The minimum Gasteiger partial charge on any atom is -0.481 e. The number of aliphatic hydroxyl groups excluding tert-OH is 1. The lowest BCUT2D eigenvalue weighted by Gasteiger charge is -2.71. The molecule has 0 heterocycles. The number of aliphatic carboxylic acids is 4. The molecule has 0 amide bonds. The molecule has 0 aromatic carbocycles. The predicted molar refractivity (Wildman–Crippen MR) is 170 cm³/mol. The van der Waals surface area contributed by atoms with Gasteiger partial charge in [-0.15, -0.1) is 0 Å². The highest BCUT2D eigenvalue weighted by Gasteiger charge is 2.69. The standard InChI is InChI=1S/C30H46O3.C6H8O8/c1-25(2)14-16-30(24(32)33)17-15-28(6)19(20(30)18-25)8-9-22-27(5)12-11-23(31)26(3,4)21(27)10-13-29(22,28)7;7-2(8)1-6(14,5(12)13)3(9)4(10)11/h18-19,21-22H,8-17H2,1-7H3,(H,32,33);3,9,14H,1H2,(H,7,8)(H,10,11)(H,12,13)/t19-,21+,22-,27+,28-,29-,30+;/m1./s1. The van der Waals surface area contributed by atoms with Crippen LogP contribution in [0.15, 0.2) is 11.6 Å². The van der Waals surface area contributed by atoms with Gasteiger partial charge in [0.2, 0.25) is 5.60 Å². The average molecular weight is 663 g/mol. The van der Waals surface area contributed by atoms with Crippen LogP contribution in [0.4, 0.5) is 0 Å². The SMILES string of the molecule is CC1(C)C=C2[C@H]3CC[C@@H]4[C@@]5(C)CCC(=O)C(C)(C)[C@@H]5CC[C@@]4(C)[C@]3(C)CC[C@@]2(C(=O)O)CC1.O=C(O)CC(O)(C(=O)O)C(O)C(=O)O.